The Hall–Kier alpha value is -2.41. The lowest BCUT2D eigenvalue weighted by Crippen LogP contribution is -3.00. The zero-order chi connectivity index (χ0) is 23.0. The van der Waals surface area contributed by atoms with E-state index in [1.54, 1.807) is 14.2 Å². The third-order valence-electron chi connectivity index (χ3n) is 7.97. The average molecular weight is 525 g/mol. The van der Waals surface area contributed by atoms with Crippen molar-refractivity contribution in [1.29, 1.82) is 0 Å². The highest BCUT2D eigenvalue weighted by atomic mass is 79.9. The Morgan fingerprint density at radius 1 is 1.15 bits per heavy atom. The molecule has 0 spiro atoms. The fraction of sp³-hybridized carbons (Fsp3) is 0.393. The largest absolute Gasteiger partial charge is 1.00 e. The minimum Gasteiger partial charge on any atom is -1.00 e. The maximum absolute atomic E-state index is 11.9. The second-order valence-corrected chi connectivity index (χ2v) is 9.61. The lowest BCUT2D eigenvalue weighted by atomic mass is 9.71. The highest BCUT2D eigenvalue weighted by Gasteiger charge is 2.54. The number of piperidine rings is 3. The normalized spacial score (nSPS) is 26.5. The molecule has 180 valence electrons. The van der Waals surface area contributed by atoms with E-state index in [2.05, 4.69) is 35.8 Å². The van der Waals surface area contributed by atoms with Gasteiger partial charge in [0.05, 0.1) is 32.8 Å². The number of fused-ring (bicyclic) bond motifs is 4. The van der Waals surface area contributed by atoms with Crippen LogP contribution in [0.15, 0.2) is 67.4 Å². The van der Waals surface area contributed by atoms with E-state index in [1.807, 2.05) is 36.5 Å². The van der Waals surface area contributed by atoms with Gasteiger partial charge in [-0.25, -0.2) is 0 Å². The first kappa shape index (κ1) is 24.7. The molecule has 0 radical (unpaired) electrons. The molecular formula is C28H33BrN2O3. The standard InChI is InChI=1S/C28H33N2O3.BrH/c1-4-20-18-30(17-19-6-5-7-22(14-19)32-2)13-11-21(20)15-27(30)28(31)24-10-12-29-26-9-8-23(33-3)16-25(24)26;/h4-10,12,14,16,20-21,27-28,31H,1,11,13,15,17-18H2,2-3H3;1H/q+1;/p-1/t20?,21?,27?,28-,30?;/m1./s1. The Kier molecular flexibility index (Phi) is 7.31. The van der Waals surface area contributed by atoms with Gasteiger partial charge in [-0.2, -0.15) is 0 Å². The first-order chi connectivity index (χ1) is 16.1. The Labute approximate surface area is 212 Å². The average Bonchev–Trinajstić information content (AvgIpc) is 2.87. The molecule has 5 atom stereocenters. The Morgan fingerprint density at radius 3 is 2.71 bits per heavy atom. The fourth-order valence-electron chi connectivity index (χ4n) is 6.25. The number of pyridine rings is 1. The lowest BCUT2D eigenvalue weighted by Gasteiger charge is -2.58. The number of methoxy groups -OCH3 is 2. The molecule has 2 aromatic carbocycles. The molecular weight excluding hydrogens is 492 g/mol. The highest BCUT2D eigenvalue weighted by Crippen LogP contribution is 2.48. The molecule has 3 fully saturated rings. The third kappa shape index (κ3) is 4.35. The monoisotopic (exact) mass is 524 g/mol. The molecule has 5 nitrogen and oxygen atoms in total. The number of aliphatic hydroxyl groups is 1. The van der Waals surface area contributed by atoms with Gasteiger partial charge in [0, 0.05) is 35.9 Å². The fourth-order valence-corrected chi connectivity index (χ4v) is 6.25. The van der Waals surface area contributed by atoms with Crippen LogP contribution in [0.25, 0.3) is 10.9 Å². The maximum Gasteiger partial charge on any atom is 0.131 e. The van der Waals surface area contributed by atoms with Crippen molar-refractivity contribution >= 4 is 10.9 Å². The van der Waals surface area contributed by atoms with Crippen LogP contribution in [0, 0.1) is 11.8 Å². The van der Waals surface area contributed by atoms with Crippen molar-refractivity contribution in [3.05, 3.63) is 78.5 Å². The summed E-state index contributed by atoms with van der Waals surface area (Å²) in [6.07, 6.45) is 5.53. The predicted molar refractivity (Wildman–Crippen MR) is 130 cm³/mol. The molecule has 4 unspecified atom stereocenters. The smallest absolute Gasteiger partial charge is 0.131 e. The van der Waals surface area contributed by atoms with Gasteiger partial charge < -0.3 is 36.0 Å². The van der Waals surface area contributed by atoms with Gasteiger partial charge in [0.25, 0.3) is 0 Å². The molecule has 1 aromatic heterocycles. The van der Waals surface area contributed by atoms with Crippen LogP contribution < -0.4 is 26.5 Å². The molecule has 3 aliphatic rings. The maximum atomic E-state index is 11.9. The van der Waals surface area contributed by atoms with Crippen LogP contribution in [0.5, 0.6) is 11.5 Å². The van der Waals surface area contributed by atoms with Gasteiger partial charge in [-0.3, -0.25) is 4.98 Å². The predicted octanol–water partition coefficient (Wildman–Crippen LogP) is 1.90. The van der Waals surface area contributed by atoms with Crippen LogP contribution in [0.3, 0.4) is 0 Å². The van der Waals surface area contributed by atoms with E-state index in [1.165, 1.54) is 12.0 Å². The van der Waals surface area contributed by atoms with Gasteiger partial charge in [0.2, 0.25) is 0 Å². The van der Waals surface area contributed by atoms with Crippen molar-refractivity contribution in [1.82, 2.24) is 4.98 Å². The molecule has 4 heterocycles. The van der Waals surface area contributed by atoms with Crippen LogP contribution in [-0.2, 0) is 6.54 Å². The number of halogens is 1. The van der Waals surface area contributed by atoms with Gasteiger partial charge in [-0.15, -0.1) is 6.58 Å². The van der Waals surface area contributed by atoms with E-state index in [4.69, 9.17) is 9.47 Å². The first-order valence-electron chi connectivity index (χ1n) is 11.8. The lowest BCUT2D eigenvalue weighted by molar-refractivity contribution is -0.984. The highest BCUT2D eigenvalue weighted by molar-refractivity contribution is 5.83. The summed E-state index contributed by atoms with van der Waals surface area (Å²) in [6.45, 7) is 7.10. The van der Waals surface area contributed by atoms with Crippen molar-refractivity contribution in [2.75, 3.05) is 27.3 Å². The molecule has 3 aliphatic heterocycles. The Morgan fingerprint density at radius 2 is 1.94 bits per heavy atom. The zero-order valence-corrected chi connectivity index (χ0v) is 21.4. The number of hydrogen-bond acceptors (Lipinski definition) is 4. The summed E-state index contributed by atoms with van der Waals surface area (Å²) in [4.78, 5) is 4.52. The quantitative estimate of drug-likeness (QED) is 0.379. The van der Waals surface area contributed by atoms with Crippen LogP contribution in [0.1, 0.15) is 30.1 Å². The van der Waals surface area contributed by atoms with Gasteiger partial charge >= 0.3 is 0 Å². The SMILES string of the molecule is C=CC1C[N+]2(Cc3cccc(OC)c3)CCC1CC2[C@H](O)c1ccnc2ccc(OC)cc12.[Br-]. The number of ether oxygens (including phenoxy) is 2. The van der Waals surface area contributed by atoms with Crippen molar-refractivity contribution < 1.29 is 36.0 Å². The minimum atomic E-state index is -0.582. The summed E-state index contributed by atoms with van der Waals surface area (Å²) in [5, 5.41) is 12.9. The molecule has 34 heavy (non-hydrogen) atoms. The molecule has 0 amide bonds. The molecule has 3 aromatic rings. The van der Waals surface area contributed by atoms with E-state index >= 15 is 0 Å². The zero-order valence-electron chi connectivity index (χ0n) is 19.9. The van der Waals surface area contributed by atoms with E-state index < -0.39 is 6.10 Å². The van der Waals surface area contributed by atoms with Crippen LogP contribution in [0.4, 0.5) is 0 Å². The first-order valence-corrected chi connectivity index (χ1v) is 11.8. The van der Waals surface area contributed by atoms with Crippen molar-refractivity contribution in [3.63, 3.8) is 0 Å². The molecule has 2 bridgehead atoms. The van der Waals surface area contributed by atoms with Crippen molar-refractivity contribution in [2.24, 2.45) is 11.8 Å². The van der Waals surface area contributed by atoms with E-state index in [0.29, 0.717) is 11.8 Å². The van der Waals surface area contributed by atoms with Gasteiger partial charge in [0.1, 0.15) is 30.2 Å². The second kappa shape index (κ2) is 10.1. The summed E-state index contributed by atoms with van der Waals surface area (Å²) in [5.41, 5.74) is 3.07. The van der Waals surface area contributed by atoms with Crippen molar-refractivity contribution in [3.8, 4) is 11.5 Å². The number of hydrogen-bond donors (Lipinski definition) is 1. The van der Waals surface area contributed by atoms with Crippen LogP contribution in [-0.4, -0.2) is 47.9 Å². The van der Waals surface area contributed by atoms with Crippen molar-refractivity contribution in [2.45, 2.75) is 31.5 Å². The molecule has 6 heteroatoms. The molecule has 1 N–H and O–H groups in total. The molecule has 3 saturated heterocycles. The van der Waals surface area contributed by atoms with Crippen LogP contribution in [0.2, 0.25) is 0 Å². The number of rotatable bonds is 7. The van der Waals surface area contributed by atoms with Crippen LogP contribution >= 0.6 is 0 Å². The number of aliphatic hydroxyl groups excluding tert-OH is 1. The summed E-state index contributed by atoms with van der Waals surface area (Å²) in [5.74, 6) is 2.72. The summed E-state index contributed by atoms with van der Waals surface area (Å²) >= 11 is 0. The Bertz CT molecular complexity index is 1170. The number of aromatic nitrogens is 1. The topological polar surface area (TPSA) is 51.6 Å². The van der Waals surface area contributed by atoms with Gasteiger partial charge in [-0.05, 0) is 47.9 Å². The summed E-state index contributed by atoms with van der Waals surface area (Å²) in [6, 6.07) is 16.3. The number of nitrogens with zero attached hydrogens (tertiary/aromatic N) is 2. The summed E-state index contributed by atoms with van der Waals surface area (Å²) < 4.78 is 11.8. The number of quaternary nitrogens is 1. The number of benzene rings is 2. The minimum absolute atomic E-state index is 0. The van der Waals surface area contributed by atoms with Gasteiger partial charge in [0.15, 0.2) is 0 Å². The molecule has 6 rings (SSSR count). The summed E-state index contributed by atoms with van der Waals surface area (Å²) in [7, 11) is 3.38. The van der Waals surface area contributed by atoms with E-state index in [9.17, 15) is 5.11 Å². The second-order valence-electron chi connectivity index (χ2n) is 9.61. The third-order valence-corrected chi connectivity index (χ3v) is 7.97. The van der Waals surface area contributed by atoms with Gasteiger partial charge in [-0.1, -0.05) is 18.2 Å². The Balaban J connectivity index is 0.00000274. The molecule has 0 saturated carbocycles. The van der Waals surface area contributed by atoms with E-state index in [-0.39, 0.29) is 23.0 Å². The van der Waals surface area contributed by atoms with E-state index in [0.717, 1.165) is 58.5 Å². The molecule has 0 aliphatic carbocycles.